The average molecular weight is 277 g/mol. The van der Waals surface area contributed by atoms with Crippen LogP contribution in [0.4, 0.5) is 5.69 Å². The van der Waals surface area contributed by atoms with Crippen LogP contribution in [0, 0.1) is 0 Å². The van der Waals surface area contributed by atoms with E-state index in [4.69, 9.17) is 4.74 Å². The van der Waals surface area contributed by atoms with Crippen LogP contribution in [0.1, 0.15) is 24.9 Å². The molecule has 1 unspecified atom stereocenters. The van der Waals surface area contributed by atoms with Crippen molar-refractivity contribution in [3.63, 3.8) is 0 Å². The Balaban J connectivity index is 1.91. The third-order valence-corrected chi connectivity index (χ3v) is 3.37. The van der Waals surface area contributed by atoms with Crippen LogP contribution in [0.2, 0.25) is 0 Å². The monoisotopic (exact) mass is 277 g/mol. The van der Waals surface area contributed by atoms with Crippen molar-refractivity contribution in [2.45, 2.75) is 19.4 Å². The van der Waals surface area contributed by atoms with Crippen molar-refractivity contribution in [1.82, 2.24) is 10.2 Å². The van der Waals surface area contributed by atoms with Gasteiger partial charge in [-0.2, -0.15) is 0 Å². The van der Waals surface area contributed by atoms with E-state index in [1.807, 2.05) is 18.2 Å². The molecule has 110 valence electrons. The first-order valence-electron chi connectivity index (χ1n) is 7.01. The maximum Gasteiger partial charge on any atom is 0.262 e. The highest BCUT2D eigenvalue weighted by Crippen LogP contribution is 2.30. The first-order chi connectivity index (χ1) is 9.56. The number of amides is 1. The number of hydrogen-bond donors (Lipinski definition) is 2. The SMILES string of the molecule is CC(NCCCN(C)C)c1ccc2c(c1)NC(=O)CO2. The molecule has 0 aliphatic carbocycles. The third kappa shape index (κ3) is 3.95. The molecule has 1 heterocycles. The van der Waals surface area contributed by atoms with Crippen LogP contribution in [-0.2, 0) is 4.79 Å². The van der Waals surface area contributed by atoms with E-state index in [1.165, 1.54) is 0 Å². The molecule has 1 aromatic rings. The lowest BCUT2D eigenvalue weighted by Crippen LogP contribution is -2.26. The summed E-state index contributed by atoms with van der Waals surface area (Å²) < 4.78 is 5.36. The lowest BCUT2D eigenvalue weighted by molar-refractivity contribution is -0.118. The Hall–Kier alpha value is -1.59. The second kappa shape index (κ2) is 6.72. The molecule has 2 N–H and O–H groups in total. The number of hydrogen-bond acceptors (Lipinski definition) is 4. The summed E-state index contributed by atoms with van der Waals surface area (Å²) in [5.41, 5.74) is 1.92. The highest BCUT2D eigenvalue weighted by molar-refractivity contribution is 5.95. The van der Waals surface area contributed by atoms with Gasteiger partial charge in [0.25, 0.3) is 5.91 Å². The Morgan fingerprint density at radius 1 is 1.45 bits per heavy atom. The summed E-state index contributed by atoms with van der Waals surface area (Å²) in [5.74, 6) is 0.648. The van der Waals surface area contributed by atoms with Gasteiger partial charge in [-0.1, -0.05) is 6.07 Å². The van der Waals surface area contributed by atoms with E-state index in [1.54, 1.807) is 0 Å². The van der Waals surface area contributed by atoms with Gasteiger partial charge in [-0.25, -0.2) is 0 Å². The van der Waals surface area contributed by atoms with Gasteiger partial charge >= 0.3 is 0 Å². The summed E-state index contributed by atoms with van der Waals surface area (Å²) in [7, 11) is 4.16. The lowest BCUT2D eigenvalue weighted by atomic mass is 10.1. The van der Waals surface area contributed by atoms with E-state index in [2.05, 4.69) is 36.6 Å². The minimum Gasteiger partial charge on any atom is -0.482 e. The minimum atomic E-state index is -0.0961. The molecule has 1 amide bonds. The predicted molar refractivity (Wildman–Crippen MR) is 80.2 cm³/mol. The van der Waals surface area contributed by atoms with E-state index in [0.717, 1.165) is 36.5 Å². The van der Waals surface area contributed by atoms with Crippen molar-refractivity contribution in [3.8, 4) is 5.75 Å². The molecule has 5 nitrogen and oxygen atoms in total. The topological polar surface area (TPSA) is 53.6 Å². The highest BCUT2D eigenvalue weighted by Gasteiger charge is 2.17. The molecule has 0 saturated heterocycles. The molecule has 1 aliphatic heterocycles. The van der Waals surface area contributed by atoms with Gasteiger partial charge in [-0.05, 0) is 58.2 Å². The molecule has 20 heavy (non-hydrogen) atoms. The predicted octanol–water partition coefficient (Wildman–Crippen LogP) is 1.62. The van der Waals surface area contributed by atoms with Crippen molar-refractivity contribution < 1.29 is 9.53 Å². The van der Waals surface area contributed by atoms with Gasteiger partial charge in [0.05, 0.1) is 5.69 Å². The molecule has 0 bridgehead atoms. The number of nitrogens with one attached hydrogen (secondary N) is 2. The first-order valence-corrected chi connectivity index (χ1v) is 7.01. The van der Waals surface area contributed by atoms with Crippen molar-refractivity contribution >= 4 is 11.6 Å². The van der Waals surface area contributed by atoms with E-state index >= 15 is 0 Å². The smallest absolute Gasteiger partial charge is 0.262 e. The van der Waals surface area contributed by atoms with Crippen molar-refractivity contribution in [3.05, 3.63) is 23.8 Å². The standard InChI is InChI=1S/C15H23N3O2/c1-11(16-7-4-8-18(2)3)12-5-6-14-13(9-12)17-15(19)10-20-14/h5-6,9,11,16H,4,7-8,10H2,1-3H3,(H,17,19). The zero-order valence-corrected chi connectivity index (χ0v) is 12.4. The van der Waals surface area contributed by atoms with Crippen LogP contribution >= 0.6 is 0 Å². The van der Waals surface area contributed by atoms with Crippen LogP contribution in [0.25, 0.3) is 0 Å². The molecular weight excluding hydrogens is 254 g/mol. The Labute approximate surface area is 120 Å². The number of nitrogens with zero attached hydrogens (tertiary/aromatic N) is 1. The van der Waals surface area contributed by atoms with Gasteiger partial charge in [0.2, 0.25) is 0 Å². The molecular formula is C15H23N3O2. The van der Waals surface area contributed by atoms with Crippen molar-refractivity contribution in [2.75, 3.05) is 39.1 Å². The third-order valence-electron chi connectivity index (χ3n) is 3.37. The fraction of sp³-hybridized carbons (Fsp3) is 0.533. The van der Waals surface area contributed by atoms with Crippen LogP contribution in [-0.4, -0.2) is 44.6 Å². The normalized spacial score (nSPS) is 15.5. The highest BCUT2D eigenvalue weighted by atomic mass is 16.5. The summed E-state index contributed by atoms with van der Waals surface area (Å²) in [4.78, 5) is 13.5. The molecule has 0 aromatic heterocycles. The van der Waals surface area contributed by atoms with Crippen molar-refractivity contribution in [1.29, 1.82) is 0 Å². The Kier molecular flexibility index (Phi) is 4.98. The zero-order chi connectivity index (χ0) is 14.5. The number of carbonyl (C=O) groups is 1. The molecule has 5 heteroatoms. The quantitative estimate of drug-likeness (QED) is 0.776. The molecule has 1 aromatic carbocycles. The van der Waals surface area contributed by atoms with Gasteiger partial charge in [-0.3, -0.25) is 4.79 Å². The zero-order valence-electron chi connectivity index (χ0n) is 12.4. The average Bonchev–Trinajstić information content (AvgIpc) is 2.42. The fourth-order valence-corrected chi connectivity index (χ4v) is 2.20. The van der Waals surface area contributed by atoms with E-state index in [9.17, 15) is 4.79 Å². The number of benzene rings is 1. The van der Waals surface area contributed by atoms with E-state index in [-0.39, 0.29) is 18.6 Å². The van der Waals surface area contributed by atoms with E-state index < -0.39 is 0 Å². The summed E-state index contributed by atoms with van der Waals surface area (Å²) in [6.45, 7) is 4.28. The Bertz CT molecular complexity index is 474. The number of fused-ring (bicyclic) bond motifs is 1. The maximum atomic E-state index is 11.3. The molecule has 0 spiro atoms. The fourth-order valence-electron chi connectivity index (χ4n) is 2.20. The summed E-state index contributed by atoms with van der Waals surface area (Å²) in [6, 6.07) is 6.19. The number of anilines is 1. The molecule has 1 aliphatic rings. The van der Waals surface area contributed by atoms with Gasteiger partial charge in [0.15, 0.2) is 6.61 Å². The minimum absolute atomic E-state index is 0.0961. The Morgan fingerprint density at radius 2 is 2.25 bits per heavy atom. The van der Waals surface area contributed by atoms with E-state index in [0.29, 0.717) is 0 Å². The van der Waals surface area contributed by atoms with Crippen LogP contribution < -0.4 is 15.4 Å². The van der Waals surface area contributed by atoms with Gasteiger partial charge < -0.3 is 20.3 Å². The summed E-state index contributed by atoms with van der Waals surface area (Å²) in [5, 5.41) is 6.33. The first kappa shape index (κ1) is 14.8. The summed E-state index contributed by atoms with van der Waals surface area (Å²) in [6.07, 6.45) is 1.11. The second-order valence-corrected chi connectivity index (χ2v) is 5.43. The molecule has 1 atom stereocenters. The van der Waals surface area contributed by atoms with Gasteiger partial charge in [0.1, 0.15) is 5.75 Å². The molecule has 0 saturated carbocycles. The van der Waals surface area contributed by atoms with Crippen molar-refractivity contribution in [2.24, 2.45) is 0 Å². The van der Waals surface area contributed by atoms with Crippen LogP contribution in [0.3, 0.4) is 0 Å². The second-order valence-electron chi connectivity index (χ2n) is 5.43. The van der Waals surface area contributed by atoms with Gasteiger partial charge in [-0.15, -0.1) is 0 Å². The number of carbonyl (C=O) groups excluding carboxylic acids is 1. The Morgan fingerprint density at radius 3 is 3.00 bits per heavy atom. The van der Waals surface area contributed by atoms with Crippen LogP contribution in [0.15, 0.2) is 18.2 Å². The molecule has 0 fully saturated rings. The summed E-state index contributed by atoms with van der Waals surface area (Å²) >= 11 is 0. The maximum absolute atomic E-state index is 11.3. The number of ether oxygens (including phenoxy) is 1. The van der Waals surface area contributed by atoms with Crippen LogP contribution in [0.5, 0.6) is 5.75 Å². The van der Waals surface area contributed by atoms with Gasteiger partial charge in [0, 0.05) is 6.04 Å². The largest absolute Gasteiger partial charge is 0.482 e. The number of rotatable bonds is 6. The molecule has 0 radical (unpaired) electrons. The lowest BCUT2D eigenvalue weighted by Gasteiger charge is -2.21. The molecule has 2 rings (SSSR count).